The molecular weight excluding hydrogens is 274 g/mol. The largest absolute Gasteiger partial charge is 0.497 e. The Kier molecular flexibility index (Phi) is 5.04. The molecule has 0 radical (unpaired) electrons. The summed E-state index contributed by atoms with van der Waals surface area (Å²) in [4.78, 5) is 2.73. The van der Waals surface area contributed by atoms with Gasteiger partial charge < -0.3 is 9.47 Å². The van der Waals surface area contributed by atoms with E-state index in [-0.39, 0.29) is 0 Å². The molecule has 3 heteroatoms. The van der Waals surface area contributed by atoms with E-state index in [0.717, 1.165) is 17.7 Å². The molecule has 0 aromatic heterocycles. The van der Waals surface area contributed by atoms with Gasteiger partial charge in [0.2, 0.25) is 0 Å². The third kappa shape index (κ3) is 3.31. The molecule has 0 N–H and O–H groups in total. The fraction of sp³-hybridized carbons (Fsp3) is 0.684. The summed E-state index contributed by atoms with van der Waals surface area (Å²) >= 11 is 0. The normalized spacial score (nSPS) is 33.0. The van der Waals surface area contributed by atoms with Gasteiger partial charge in [-0.15, -0.1) is 0 Å². The van der Waals surface area contributed by atoms with Crippen molar-refractivity contribution in [1.29, 1.82) is 0 Å². The zero-order chi connectivity index (χ0) is 15.5. The molecule has 0 bridgehead atoms. The lowest BCUT2D eigenvalue weighted by Crippen LogP contribution is -2.38. The summed E-state index contributed by atoms with van der Waals surface area (Å²) < 4.78 is 10.8. The molecule has 1 aromatic rings. The number of nitrogens with zero attached hydrogens (tertiary/aromatic N) is 1. The molecule has 1 unspecified atom stereocenters. The molecule has 1 heterocycles. The monoisotopic (exact) mass is 303 g/mol. The Bertz CT molecular complexity index is 465. The van der Waals surface area contributed by atoms with Crippen molar-refractivity contribution < 1.29 is 9.47 Å². The van der Waals surface area contributed by atoms with Crippen molar-refractivity contribution >= 4 is 0 Å². The van der Waals surface area contributed by atoms with Gasteiger partial charge in [-0.3, -0.25) is 4.90 Å². The van der Waals surface area contributed by atoms with Gasteiger partial charge in [0.05, 0.1) is 13.2 Å². The van der Waals surface area contributed by atoms with E-state index in [9.17, 15) is 0 Å². The highest BCUT2D eigenvalue weighted by molar-refractivity contribution is 5.30. The first kappa shape index (κ1) is 15.8. The van der Waals surface area contributed by atoms with Gasteiger partial charge in [0.15, 0.2) is 0 Å². The highest BCUT2D eigenvalue weighted by Crippen LogP contribution is 2.37. The lowest BCUT2D eigenvalue weighted by molar-refractivity contribution is 0.0429. The lowest BCUT2D eigenvalue weighted by atomic mass is 9.90. The highest BCUT2D eigenvalue weighted by Gasteiger charge is 2.35. The van der Waals surface area contributed by atoms with Crippen LogP contribution in [0.25, 0.3) is 0 Å². The van der Waals surface area contributed by atoms with Crippen molar-refractivity contribution in [2.45, 2.75) is 50.7 Å². The molecule has 1 aliphatic heterocycles. The second kappa shape index (κ2) is 7.01. The van der Waals surface area contributed by atoms with Crippen LogP contribution in [0.2, 0.25) is 0 Å². The minimum Gasteiger partial charge on any atom is -0.497 e. The number of methoxy groups -OCH3 is 2. The number of hydrogen-bond acceptors (Lipinski definition) is 3. The lowest BCUT2D eigenvalue weighted by Gasteiger charge is -2.34. The Balaban J connectivity index is 1.61. The molecule has 0 amide bonds. The Hall–Kier alpha value is -1.06. The van der Waals surface area contributed by atoms with E-state index in [1.54, 1.807) is 7.11 Å². The number of likely N-dealkylation sites (tertiary alicyclic amines) is 1. The van der Waals surface area contributed by atoms with Gasteiger partial charge in [-0.1, -0.05) is 19.1 Å². The Morgan fingerprint density at radius 3 is 2.23 bits per heavy atom. The molecule has 22 heavy (non-hydrogen) atoms. The van der Waals surface area contributed by atoms with Crippen LogP contribution in [0.1, 0.15) is 44.1 Å². The Morgan fingerprint density at radius 2 is 1.64 bits per heavy atom. The van der Waals surface area contributed by atoms with E-state index in [1.807, 2.05) is 7.11 Å². The number of benzene rings is 1. The molecule has 0 spiro atoms. The third-order valence-corrected chi connectivity index (χ3v) is 5.68. The maximum absolute atomic E-state index is 5.51. The number of rotatable bonds is 4. The summed E-state index contributed by atoms with van der Waals surface area (Å²) in [6.45, 7) is 4.84. The maximum atomic E-state index is 5.51. The van der Waals surface area contributed by atoms with E-state index in [1.165, 1.54) is 44.3 Å². The predicted molar refractivity (Wildman–Crippen MR) is 89.5 cm³/mol. The van der Waals surface area contributed by atoms with Crippen LogP contribution < -0.4 is 4.74 Å². The zero-order valence-corrected chi connectivity index (χ0v) is 14.1. The average Bonchev–Trinajstić information content (AvgIpc) is 2.97. The maximum Gasteiger partial charge on any atom is 0.118 e. The molecule has 2 atom stereocenters. The van der Waals surface area contributed by atoms with Crippen molar-refractivity contribution in [1.82, 2.24) is 4.90 Å². The molecular formula is C19H29NO2. The van der Waals surface area contributed by atoms with E-state index >= 15 is 0 Å². The molecule has 1 saturated carbocycles. The van der Waals surface area contributed by atoms with Crippen LogP contribution in [0, 0.1) is 5.92 Å². The number of ether oxygens (including phenoxy) is 2. The summed E-state index contributed by atoms with van der Waals surface area (Å²) in [5.74, 6) is 2.34. The first-order valence-corrected chi connectivity index (χ1v) is 8.62. The van der Waals surface area contributed by atoms with Gasteiger partial charge in [-0.05, 0) is 49.3 Å². The van der Waals surface area contributed by atoms with Crippen LogP contribution in [-0.2, 0) is 4.74 Å². The van der Waals surface area contributed by atoms with Crippen molar-refractivity contribution in [3.8, 4) is 5.75 Å². The first-order chi connectivity index (χ1) is 10.7. The molecule has 1 saturated heterocycles. The minimum absolute atomic E-state index is 0.494. The topological polar surface area (TPSA) is 21.7 Å². The van der Waals surface area contributed by atoms with Crippen molar-refractivity contribution in [3.63, 3.8) is 0 Å². The summed E-state index contributed by atoms with van der Waals surface area (Å²) in [5, 5.41) is 0. The standard InChI is InChI=1S/C19H29NO2/c1-14-12-20(16-6-10-18(22-3)11-7-16)13-19(14)15-4-8-17(21-2)9-5-15/h4-5,8-9,14,16,18-19H,6-7,10-13H2,1-3H3/t14?,16?,18?,19-/m1/s1. The summed E-state index contributed by atoms with van der Waals surface area (Å²) in [6.07, 6.45) is 5.52. The highest BCUT2D eigenvalue weighted by atomic mass is 16.5. The molecule has 1 aromatic carbocycles. The second-order valence-corrected chi connectivity index (χ2v) is 6.98. The smallest absolute Gasteiger partial charge is 0.118 e. The molecule has 2 aliphatic rings. The van der Waals surface area contributed by atoms with Crippen LogP contribution in [0.3, 0.4) is 0 Å². The third-order valence-electron chi connectivity index (χ3n) is 5.68. The quantitative estimate of drug-likeness (QED) is 0.847. The summed E-state index contributed by atoms with van der Waals surface area (Å²) in [6, 6.07) is 9.43. The minimum atomic E-state index is 0.494. The van der Waals surface area contributed by atoms with Crippen LogP contribution in [0.4, 0.5) is 0 Å². The van der Waals surface area contributed by atoms with E-state index < -0.39 is 0 Å². The molecule has 122 valence electrons. The van der Waals surface area contributed by atoms with Crippen LogP contribution >= 0.6 is 0 Å². The Labute approximate surface area is 134 Å². The van der Waals surface area contributed by atoms with Crippen molar-refractivity contribution in [3.05, 3.63) is 29.8 Å². The number of hydrogen-bond donors (Lipinski definition) is 0. The van der Waals surface area contributed by atoms with E-state index in [2.05, 4.69) is 36.1 Å². The van der Waals surface area contributed by atoms with Gasteiger partial charge >= 0.3 is 0 Å². The van der Waals surface area contributed by atoms with Gasteiger partial charge in [-0.25, -0.2) is 0 Å². The van der Waals surface area contributed by atoms with Crippen LogP contribution in [-0.4, -0.2) is 44.4 Å². The zero-order valence-electron chi connectivity index (χ0n) is 14.1. The van der Waals surface area contributed by atoms with Gasteiger partial charge in [0, 0.05) is 32.2 Å². The van der Waals surface area contributed by atoms with Gasteiger partial charge in [0.1, 0.15) is 5.75 Å². The SMILES string of the molecule is COc1ccc([C@@H]2CN(C3CCC(OC)CC3)CC2C)cc1. The Morgan fingerprint density at radius 1 is 0.955 bits per heavy atom. The molecule has 3 nitrogen and oxygen atoms in total. The van der Waals surface area contributed by atoms with Gasteiger partial charge in [-0.2, -0.15) is 0 Å². The average molecular weight is 303 g/mol. The summed E-state index contributed by atoms with van der Waals surface area (Å²) in [5.41, 5.74) is 1.46. The van der Waals surface area contributed by atoms with E-state index in [0.29, 0.717) is 12.0 Å². The fourth-order valence-electron chi connectivity index (χ4n) is 4.23. The van der Waals surface area contributed by atoms with Gasteiger partial charge in [0.25, 0.3) is 0 Å². The van der Waals surface area contributed by atoms with E-state index in [4.69, 9.17) is 9.47 Å². The van der Waals surface area contributed by atoms with Crippen molar-refractivity contribution in [2.75, 3.05) is 27.3 Å². The van der Waals surface area contributed by atoms with Crippen LogP contribution in [0.15, 0.2) is 24.3 Å². The molecule has 1 aliphatic carbocycles. The fourth-order valence-corrected chi connectivity index (χ4v) is 4.23. The second-order valence-electron chi connectivity index (χ2n) is 6.98. The molecule has 3 rings (SSSR count). The van der Waals surface area contributed by atoms with Crippen molar-refractivity contribution in [2.24, 2.45) is 5.92 Å². The van der Waals surface area contributed by atoms with Crippen LogP contribution in [0.5, 0.6) is 5.75 Å². The first-order valence-electron chi connectivity index (χ1n) is 8.62. The molecule has 2 fully saturated rings. The summed E-state index contributed by atoms with van der Waals surface area (Å²) in [7, 11) is 3.58. The predicted octanol–water partition coefficient (Wildman–Crippen LogP) is 3.69.